The summed E-state index contributed by atoms with van der Waals surface area (Å²) < 4.78 is 6.19. The Balaban J connectivity index is 1.78. The van der Waals surface area contributed by atoms with Gasteiger partial charge in [-0.05, 0) is 47.7 Å². The summed E-state index contributed by atoms with van der Waals surface area (Å²) in [5, 5.41) is 15.0. The van der Waals surface area contributed by atoms with Crippen LogP contribution in [0.1, 0.15) is 29.5 Å². The molecule has 0 radical (unpaired) electrons. The summed E-state index contributed by atoms with van der Waals surface area (Å²) in [5.41, 5.74) is 3.28. The van der Waals surface area contributed by atoms with Gasteiger partial charge in [0.1, 0.15) is 0 Å². The largest absolute Gasteiger partial charge is 0.490 e. The average molecular weight is 401 g/mol. The Hall–Kier alpha value is -2.34. The van der Waals surface area contributed by atoms with Crippen molar-refractivity contribution in [2.75, 3.05) is 12.4 Å². The van der Waals surface area contributed by atoms with Crippen molar-refractivity contribution in [2.24, 2.45) is 5.92 Å². The molecule has 6 heteroatoms. The van der Waals surface area contributed by atoms with Crippen molar-refractivity contribution >= 4 is 27.3 Å². The number of anilines is 1. The first kappa shape index (κ1) is 16.1. The van der Waals surface area contributed by atoms with E-state index in [1.807, 2.05) is 12.1 Å². The van der Waals surface area contributed by atoms with Crippen molar-refractivity contribution < 1.29 is 9.66 Å². The molecule has 5 nitrogen and oxygen atoms in total. The number of fused-ring (bicyclic) bond motifs is 3. The molecule has 2 aromatic rings. The SMILES string of the molecule is COc1ccc([C@H]2Nc3ccc(Br)cc3[C@H]3C=CC[C@@H]32)cc1[N+](=O)[O-]. The van der Waals surface area contributed by atoms with Crippen LogP contribution in [0.3, 0.4) is 0 Å². The molecule has 25 heavy (non-hydrogen) atoms. The van der Waals surface area contributed by atoms with Crippen molar-refractivity contribution in [1.82, 2.24) is 0 Å². The molecular formula is C19H17BrN2O3. The maximum atomic E-state index is 11.4. The third-order valence-corrected chi connectivity index (χ3v) is 5.58. The zero-order valence-electron chi connectivity index (χ0n) is 13.6. The minimum atomic E-state index is -0.388. The van der Waals surface area contributed by atoms with Crippen LogP contribution < -0.4 is 10.1 Å². The Labute approximate surface area is 154 Å². The lowest BCUT2D eigenvalue weighted by atomic mass is 9.77. The highest BCUT2D eigenvalue weighted by Crippen LogP contribution is 2.50. The van der Waals surface area contributed by atoms with Crippen molar-refractivity contribution in [3.8, 4) is 5.75 Å². The molecule has 0 aromatic heterocycles. The summed E-state index contributed by atoms with van der Waals surface area (Å²) in [6, 6.07) is 11.5. The minimum Gasteiger partial charge on any atom is -0.490 e. The van der Waals surface area contributed by atoms with E-state index in [0.717, 1.165) is 22.1 Å². The van der Waals surface area contributed by atoms with E-state index in [4.69, 9.17) is 4.74 Å². The topological polar surface area (TPSA) is 64.4 Å². The van der Waals surface area contributed by atoms with Crippen molar-refractivity contribution in [3.05, 3.63) is 74.3 Å². The van der Waals surface area contributed by atoms with Gasteiger partial charge in [-0.1, -0.05) is 34.1 Å². The summed E-state index contributed by atoms with van der Waals surface area (Å²) in [6.07, 6.45) is 5.41. The number of hydrogen-bond acceptors (Lipinski definition) is 4. The first-order valence-corrected chi connectivity index (χ1v) is 8.93. The fraction of sp³-hybridized carbons (Fsp3) is 0.263. The fourth-order valence-electron chi connectivity index (χ4n) is 3.94. The maximum Gasteiger partial charge on any atom is 0.311 e. The van der Waals surface area contributed by atoms with Gasteiger partial charge in [-0.15, -0.1) is 0 Å². The highest BCUT2D eigenvalue weighted by Gasteiger charge is 2.38. The number of benzene rings is 2. The number of nitro benzene ring substituents is 1. The van der Waals surface area contributed by atoms with Gasteiger partial charge in [-0.3, -0.25) is 10.1 Å². The molecule has 0 saturated carbocycles. The van der Waals surface area contributed by atoms with Gasteiger partial charge in [0.2, 0.25) is 0 Å². The van der Waals surface area contributed by atoms with Crippen molar-refractivity contribution in [2.45, 2.75) is 18.4 Å². The number of halogens is 1. The number of nitrogens with zero attached hydrogens (tertiary/aromatic N) is 1. The van der Waals surface area contributed by atoms with Crippen LogP contribution in [-0.4, -0.2) is 12.0 Å². The normalized spacial score (nSPS) is 23.5. The van der Waals surface area contributed by atoms with E-state index in [-0.39, 0.29) is 22.4 Å². The van der Waals surface area contributed by atoms with Crippen LogP contribution >= 0.6 is 15.9 Å². The molecule has 0 saturated heterocycles. The van der Waals surface area contributed by atoms with Gasteiger partial charge in [0, 0.05) is 22.1 Å². The van der Waals surface area contributed by atoms with Crippen LogP contribution in [0.2, 0.25) is 0 Å². The van der Waals surface area contributed by atoms with E-state index in [0.29, 0.717) is 11.8 Å². The molecule has 128 valence electrons. The molecule has 1 N–H and O–H groups in total. The van der Waals surface area contributed by atoms with Gasteiger partial charge < -0.3 is 10.1 Å². The second-order valence-corrected chi connectivity index (χ2v) is 7.31. The molecule has 0 fully saturated rings. The van der Waals surface area contributed by atoms with Crippen LogP contribution in [0, 0.1) is 16.0 Å². The molecule has 0 unspecified atom stereocenters. The number of hydrogen-bond donors (Lipinski definition) is 1. The van der Waals surface area contributed by atoms with Gasteiger partial charge in [0.25, 0.3) is 0 Å². The summed E-state index contributed by atoms with van der Waals surface area (Å²) in [7, 11) is 1.45. The predicted molar refractivity (Wildman–Crippen MR) is 100 cm³/mol. The Morgan fingerprint density at radius 1 is 1.28 bits per heavy atom. The van der Waals surface area contributed by atoms with E-state index >= 15 is 0 Å². The second kappa shape index (κ2) is 6.19. The Kier molecular flexibility index (Phi) is 4.00. The van der Waals surface area contributed by atoms with Gasteiger partial charge >= 0.3 is 5.69 Å². The molecule has 4 rings (SSSR count). The molecular weight excluding hydrogens is 384 g/mol. The van der Waals surface area contributed by atoms with Crippen LogP contribution in [0.4, 0.5) is 11.4 Å². The lowest BCUT2D eigenvalue weighted by Gasteiger charge is -2.37. The zero-order valence-corrected chi connectivity index (χ0v) is 15.2. The van der Waals surface area contributed by atoms with Crippen LogP contribution in [-0.2, 0) is 0 Å². The van der Waals surface area contributed by atoms with Gasteiger partial charge in [-0.2, -0.15) is 0 Å². The van der Waals surface area contributed by atoms with Gasteiger partial charge in [-0.25, -0.2) is 0 Å². The standard InChI is InChI=1S/C19H17BrN2O3/c1-25-18-8-5-11(9-17(18)22(23)24)19-14-4-2-3-13(14)15-10-12(20)6-7-16(15)21-19/h2-3,5-10,13-14,19,21H,4H2,1H3/t13-,14-,19+/m0/s1. The Morgan fingerprint density at radius 3 is 2.88 bits per heavy atom. The molecule has 2 aliphatic rings. The van der Waals surface area contributed by atoms with E-state index in [1.54, 1.807) is 12.1 Å². The van der Waals surface area contributed by atoms with E-state index in [1.165, 1.54) is 12.7 Å². The van der Waals surface area contributed by atoms with Crippen molar-refractivity contribution in [1.29, 1.82) is 0 Å². The zero-order chi connectivity index (χ0) is 17.6. The molecule has 3 atom stereocenters. The fourth-order valence-corrected chi connectivity index (χ4v) is 4.32. The summed E-state index contributed by atoms with van der Waals surface area (Å²) >= 11 is 3.55. The minimum absolute atomic E-state index is 0.00547. The van der Waals surface area contributed by atoms with E-state index < -0.39 is 0 Å². The maximum absolute atomic E-state index is 11.4. The van der Waals surface area contributed by atoms with Gasteiger partial charge in [0.05, 0.1) is 18.1 Å². The average Bonchev–Trinajstić information content (AvgIpc) is 3.10. The smallest absolute Gasteiger partial charge is 0.311 e. The summed E-state index contributed by atoms with van der Waals surface area (Å²) in [5.74, 6) is 0.949. The molecule has 1 aliphatic heterocycles. The van der Waals surface area contributed by atoms with Crippen LogP contribution in [0.5, 0.6) is 5.75 Å². The van der Waals surface area contributed by atoms with Crippen molar-refractivity contribution in [3.63, 3.8) is 0 Å². The molecule has 0 amide bonds. The number of ether oxygens (including phenoxy) is 1. The molecule has 1 heterocycles. The first-order chi connectivity index (χ1) is 12.1. The lowest BCUT2D eigenvalue weighted by Crippen LogP contribution is -2.29. The molecule has 0 bridgehead atoms. The highest BCUT2D eigenvalue weighted by atomic mass is 79.9. The molecule has 1 aliphatic carbocycles. The van der Waals surface area contributed by atoms with Crippen LogP contribution in [0.25, 0.3) is 0 Å². The third-order valence-electron chi connectivity index (χ3n) is 5.08. The first-order valence-electron chi connectivity index (χ1n) is 8.13. The van der Waals surface area contributed by atoms with Crippen LogP contribution in [0.15, 0.2) is 53.0 Å². The van der Waals surface area contributed by atoms with E-state index in [2.05, 4.69) is 45.5 Å². The molecule has 0 spiro atoms. The monoisotopic (exact) mass is 400 g/mol. The number of rotatable bonds is 3. The lowest BCUT2D eigenvalue weighted by molar-refractivity contribution is -0.385. The summed E-state index contributed by atoms with van der Waals surface area (Å²) in [4.78, 5) is 11.0. The highest BCUT2D eigenvalue weighted by molar-refractivity contribution is 9.10. The second-order valence-electron chi connectivity index (χ2n) is 6.40. The van der Waals surface area contributed by atoms with E-state index in [9.17, 15) is 10.1 Å². The number of methoxy groups -OCH3 is 1. The van der Waals surface area contributed by atoms with Gasteiger partial charge in [0.15, 0.2) is 5.75 Å². The number of allylic oxidation sites excluding steroid dienone is 2. The number of nitro groups is 1. The Bertz CT molecular complexity index is 881. The Morgan fingerprint density at radius 2 is 2.12 bits per heavy atom. The molecule has 2 aromatic carbocycles. The summed E-state index contributed by atoms with van der Waals surface area (Å²) in [6.45, 7) is 0. The quantitative estimate of drug-likeness (QED) is 0.437. The third kappa shape index (κ3) is 2.70. The number of nitrogens with one attached hydrogen (secondary N) is 1. The predicted octanol–water partition coefficient (Wildman–Crippen LogP) is 5.19.